The van der Waals surface area contributed by atoms with E-state index in [4.69, 9.17) is 19.5 Å². The molecule has 0 unspecified atom stereocenters. The van der Waals surface area contributed by atoms with E-state index < -0.39 is 0 Å². The van der Waals surface area contributed by atoms with Gasteiger partial charge in [0.1, 0.15) is 12.4 Å². The third-order valence-corrected chi connectivity index (χ3v) is 4.24. The molecule has 0 bridgehead atoms. The highest BCUT2D eigenvalue weighted by Gasteiger charge is 2.08. The SMILES string of the molecule is COc1ccc(CCN(CCO)CCOc2ccc(C#N)cc2)cc1OC.Cl. The molecule has 0 atom stereocenters. The van der Waals surface area contributed by atoms with Crippen molar-refractivity contribution < 1.29 is 19.3 Å². The van der Waals surface area contributed by atoms with Gasteiger partial charge in [0, 0.05) is 19.6 Å². The molecule has 0 saturated carbocycles. The molecule has 2 aromatic carbocycles. The molecule has 2 rings (SSSR count). The zero-order chi connectivity index (χ0) is 19.5. The molecular weight excluding hydrogens is 380 g/mol. The number of hydrogen-bond donors (Lipinski definition) is 1. The lowest BCUT2D eigenvalue weighted by molar-refractivity contribution is 0.169. The van der Waals surface area contributed by atoms with Crippen LogP contribution in [-0.4, -0.2) is 57.1 Å². The Morgan fingerprint density at radius 2 is 1.68 bits per heavy atom. The minimum Gasteiger partial charge on any atom is -0.493 e. The van der Waals surface area contributed by atoms with E-state index in [9.17, 15) is 5.11 Å². The Morgan fingerprint density at radius 3 is 2.29 bits per heavy atom. The molecule has 7 heteroatoms. The Morgan fingerprint density at radius 1 is 0.964 bits per heavy atom. The van der Waals surface area contributed by atoms with Gasteiger partial charge in [-0.2, -0.15) is 5.26 Å². The summed E-state index contributed by atoms with van der Waals surface area (Å²) in [6, 6.07) is 15.0. The molecule has 0 fully saturated rings. The van der Waals surface area contributed by atoms with Crippen LogP contribution in [0.25, 0.3) is 0 Å². The van der Waals surface area contributed by atoms with Gasteiger partial charge >= 0.3 is 0 Å². The Kier molecular flexibility index (Phi) is 10.8. The fourth-order valence-corrected chi connectivity index (χ4v) is 2.72. The maximum absolute atomic E-state index is 9.31. The van der Waals surface area contributed by atoms with Crippen molar-refractivity contribution in [2.24, 2.45) is 0 Å². The normalized spacial score (nSPS) is 10.1. The molecule has 152 valence electrons. The van der Waals surface area contributed by atoms with Crippen LogP contribution >= 0.6 is 12.4 Å². The largest absolute Gasteiger partial charge is 0.493 e. The van der Waals surface area contributed by atoms with Crippen LogP contribution in [0, 0.1) is 11.3 Å². The van der Waals surface area contributed by atoms with Crippen molar-refractivity contribution in [1.29, 1.82) is 5.26 Å². The lowest BCUT2D eigenvalue weighted by Crippen LogP contribution is -2.33. The van der Waals surface area contributed by atoms with Gasteiger partial charge in [0.2, 0.25) is 0 Å². The van der Waals surface area contributed by atoms with Crippen molar-refractivity contribution in [2.75, 3.05) is 47.1 Å². The summed E-state index contributed by atoms with van der Waals surface area (Å²) >= 11 is 0. The summed E-state index contributed by atoms with van der Waals surface area (Å²) in [5, 5.41) is 18.1. The van der Waals surface area contributed by atoms with Crippen LogP contribution in [0.15, 0.2) is 42.5 Å². The minimum absolute atomic E-state index is 0. The smallest absolute Gasteiger partial charge is 0.160 e. The first-order chi connectivity index (χ1) is 13.2. The molecule has 6 nitrogen and oxygen atoms in total. The minimum atomic E-state index is 0. The van der Waals surface area contributed by atoms with Crippen molar-refractivity contribution in [3.05, 3.63) is 53.6 Å². The number of ether oxygens (including phenoxy) is 3. The molecule has 0 aliphatic rings. The summed E-state index contributed by atoms with van der Waals surface area (Å²) in [6.07, 6.45) is 0.831. The van der Waals surface area contributed by atoms with Crippen molar-refractivity contribution in [2.45, 2.75) is 6.42 Å². The second-order valence-corrected chi connectivity index (χ2v) is 5.99. The van der Waals surface area contributed by atoms with Crippen LogP contribution in [0.4, 0.5) is 0 Å². The molecule has 28 heavy (non-hydrogen) atoms. The van der Waals surface area contributed by atoms with E-state index in [1.54, 1.807) is 38.5 Å². The molecule has 0 aliphatic carbocycles. The van der Waals surface area contributed by atoms with Gasteiger partial charge in [-0.3, -0.25) is 4.90 Å². The topological polar surface area (TPSA) is 75.0 Å². The lowest BCUT2D eigenvalue weighted by Gasteiger charge is -2.21. The summed E-state index contributed by atoms with van der Waals surface area (Å²) in [5.74, 6) is 2.16. The van der Waals surface area contributed by atoms with Crippen LogP contribution < -0.4 is 14.2 Å². The zero-order valence-electron chi connectivity index (χ0n) is 16.3. The fraction of sp³-hybridized carbons (Fsp3) is 0.381. The summed E-state index contributed by atoms with van der Waals surface area (Å²) in [5.41, 5.74) is 1.75. The molecule has 0 radical (unpaired) electrons. The first-order valence-electron chi connectivity index (χ1n) is 8.87. The van der Waals surface area contributed by atoms with Gasteiger partial charge in [-0.25, -0.2) is 0 Å². The van der Waals surface area contributed by atoms with Gasteiger partial charge < -0.3 is 19.3 Å². The molecule has 0 aliphatic heterocycles. The Bertz CT molecular complexity index is 747. The maximum atomic E-state index is 9.31. The summed E-state index contributed by atoms with van der Waals surface area (Å²) in [4.78, 5) is 2.15. The zero-order valence-corrected chi connectivity index (χ0v) is 17.1. The molecule has 0 spiro atoms. The van der Waals surface area contributed by atoms with E-state index >= 15 is 0 Å². The van der Waals surface area contributed by atoms with Crippen LogP contribution in [0.1, 0.15) is 11.1 Å². The highest BCUT2D eigenvalue weighted by atomic mass is 35.5. The first kappa shape index (κ1) is 23.6. The Balaban J connectivity index is 0.00000392. The molecule has 1 N–H and O–H groups in total. The van der Waals surface area contributed by atoms with Crippen molar-refractivity contribution in [3.8, 4) is 23.3 Å². The van der Waals surface area contributed by atoms with Gasteiger partial charge in [-0.05, 0) is 48.4 Å². The predicted octanol–water partition coefficient (Wildman–Crippen LogP) is 2.91. The van der Waals surface area contributed by atoms with Gasteiger partial charge in [0.25, 0.3) is 0 Å². The fourth-order valence-electron chi connectivity index (χ4n) is 2.72. The molecule has 0 heterocycles. The summed E-state index contributed by atoms with van der Waals surface area (Å²) in [6.45, 7) is 2.70. The number of benzene rings is 2. The first-order valence-corrected chi connectivity index (χ1v) is 8.87. The monoisotopic (exact) mass is 406 g/mol. The van der Waals surface area contributed by atoms with Crippen LogP contribution in [-0.2, 0) is 6.42 Å². The van der Waals surface area contributed by atoms with E-state index in [2.05, 4.69) is 11.0 Å². The number of hydrogen-bond acceptors (Lipinski definition) is 6. The number of aliphatic hydroxyl groups excluding tert-OH is 1. The third-order valence-electron chi connectivity index (χ3n) is 4.24. The van der Waals surface area contributed by atoms with Gasteiger partial charge in [0.05, 0.1) is 32.5 Å². The van der Waals surface area contributed by atoms with Crippen LogP contribution in [0.5, 0.6) is 17.2 Å². The van der Waals surface area contributed by atoms with Crippen molar-refractivity contribution in [1.82, 2.24) is 4.90 Å². The Hall–Kier alpha value is -2.46. The maximum Gasteiger partial charge on any atom is 0.160 e. The number of nitriles is 1. The average Bonchev–Trinajstić information content (AvgIpc) is 2.72. The third kappa shape index (κ3) is 7.28. The standard InChI is InChI=1S/C21H26N2O4.ClH/c1-25-20-8-5-17(15-21(20)26-2)9-10-23(11-13-24)12-14-27-19-6-3-18(16-22)4-7-19;/h3-8,15,24H,9-14H2,1-2H3;1H. The second-order valence-electron chi connectivity index (χ2n) is 5.99. The molecule has 0 amide bonds. The molecular formula is C21H27ClN2O4. The number of methoxy groups -OCH3 is 2. The average molecular weight is 407 g/mol. The Labute approximate surface area is 172 Å². The number of halogens is 1. The van der Waals surface area contributed by atoms with Crippen LogP contribution in [0.2, 0.25) is 0 Å². The summed E-state index contributed by atoms with van der Waals surface area (Å²) in [7, 11) is 3.24. The molecule has 0 saturated heterocycles. The van der Waals surface area contributed by atoms with Crippen LogP contribution in [0.3, 0.4) is 0 Å². The highest BCUT2D eigenvalue weighted by molar-refractivity contribution is 5.85. The molecule has 2 aromatic rings. The second kappa shape index (κ2) is 12.8. The van der Waals surface area contributed by atoms with Gasteiger partial charge in [0.15, 0.2) is 11.5 Å². The predicted molar refractivity (Wildman–Crippen MR) is 111 cm³/mol. The lowest BCUT2D eigenvalue weighted by atomic mass is 10.1. The van der Waals surface area contributed by atoms with Crippen molar-refractivity contribution in [3.63, 3.8) is 0 Å². The van der Waals surface area contributed by atoms with E-state index in [0.717, 1.165) is 24.3 Å². The van der Waals surface area contributed by atoms with E-state index in [-0.39, 0.29) is 19.0 Å². The summed E-state index contributed by atoms with van der Waals surface area (Å²) < 4.78 is 16.3. The van der Waals surface area contributed by atoms with Crippen molar-refractivity contribution >= 4 is 12.4 Å². The molecule has 0 aromatic heterocycles. The van der Waals surface area contributed by atoms with E-state index in [1.807, 2.05) is 18.2 Å². The highest BCUT2D eigenvalue weighted by Crippen LogP contribution is 2.27. The number of aliphatic hydroxyl groups is 1. The van der Waals surface area contributed by atoms with Gasteiger partial charge in [-0.15, -0.1) is 12.4 Å². The van der Waals surface area contributed by atoms with E-state index in [0.29, 0.717) is 36.8 Å². The van der Waals surface area contributed by atoms with Gasteiger partial charge in [-0.1, -0.05) is 6.07 Å². The quantitative estimate of drug-likeness (QED) is 0.618. The van der Waals surface area contributed by atoms with E-state index in [1.165, 1.54) is 0 Å². The number of rotatable bonds is 11. The number of nitrogens with zero attached hydrogens (tertiary/aromatic N) is 2.